The second-order valence-electron chi connectivity index (χ2n) is 5.08. The van der Waals surface area contributed by atoms with Gasteiger partial charge < -0.3 is 15.0 Å². The number of anilines is 1. The van der Waals surface area contributed by atoms with Crippen LogP contribution in [0.5, 0.6) is 10.8 Å². The third kappa shape index (κ3) is 3.96. The highest BCUT2D eigenvalue weighted by Crippen LogP contribution is 2.40. The molecule has 2 aromatic rings. The minimum Gasteiger partial charge on any atom is -0.445 e. The molecule has 1 aromatic heterocycles. The number of hydrogen-bond donors (Lipinski definition) is 2. The fourth-order valence-corrected chi connectivity index (χ4v) is 4.34. The minimum atomic E-state index is -3.78. The molecular formula is C14H16ClN3O3S2. The highest BCUT2D eigenvalue weighted by atomic mass is 35.5. The third-order valence-electron chi connectivity index (χ3n) is 3.42. The summed E-state index contributed by atoms with van der Waals surface area (Å²) in [5, 5.41) is 8.96. The number of piperazine rings is 1. The highest BCUT2D eigenvalue weighted by Gasteiger charge is 2.18. The normalized spacial score (nSPS) is 15.7. The maximum Gasteiger partial charge on any atom is 0.247 e. The first-order valence-corrected chi connectivity index (χ1v) is 9.73. The van der Waals surface area contributed by atoms with E-state index in [1.165, 1.54) is 6.07 Å². The van der Waals surface area contributed by atoms with E-state index in [1.807, 2.05) is 18.2 Å². The number of rotatable bonds is 4. The molecule has 0 atom stereocenters. The number of halogens is 1. The Morgan fingerprint density at radius 1 is 1.26 bits per heavy atom. The van der Waals surface area contributed by atoms with Crippen molar-refractivity contribution in [1.82, 2.24) is 5.32 Å². The number of ether oxygens (including phenoxy) is 1. The predicted octanol–water partition coefficient (Wildman–Crippen LogP) is 2.25. The van der Waals surface area contributed by atoms with Crippen molar-refractivity contribution in [1.29, 1.82) is 0 Å². The van der Waals surface area contributed by atoms with Gasteiger partial charge in [0, 0.05) is 37.9 Å². The topological polar surface area (TPSA) is 84.7 Å². The van der Waals surface area contributed by atoms with Crippen molar-refractivity contribution < 1.29 is 13.2 Å². The van der Waals surface area contributed by atoms with Gasteiger partial charge in [0.15, 0.2) is 0 Å². The first kappa shape index (κ1) is 16.5. The molecule has 1 saturated heterocycles. The summed E-state index contributed by atoms with van der Waals surface area (Å²) in [5.74, 6) is 0.603. The number of thiophene rings is 1. The van der Waals surface area contributed by atoms with Gasteiger partial charge in [-0.05, 0) is 18.2 Å². The van der Waals surface area contributed by atoms with Gasteiger partial charge in [-0.1, -0.05) is 29.0 Å². The molecule has 1 aliphatic heterocycles. The number of nitrogens with zero attached hydrogens (tertiary/aromatic N) is 1. The van der Waals surface area contributed by atoms with Crippen LogP contribution in [0.25, 0.3) is 0 Å². The van der Waals surface area contributed by atoms with Crippen LogP contribution >= 0.6 is 22.9 Å². The lowest BCUT2D eigenvalue weighted by atomic mass is 10.2. The summed E-state index contributed by atoms with van der Waals surface area (Å²) in [7, 11) is -3.78. The van der Waals surface area contributed by atoms with E-state index in [0.717, 1.165) is 43.2 Å². The molecule has 0 amide bonds. The van der Waals surface area contributed by atoms with Crippen LogP contribution in [-0.2, 0) is 10.0 Å². The van der Waals surface area contributed by atoms with Crippen molar-refractivity contribution in [3.8, 4) is 10.8 Å². The molecule has 3 rings (SSSR count). The van der Waals surface area contributed by atoms with Gasteiger partial charge in [-0.2, -0.15) is 0 Å². The Morgan fingerprint density at radius 2 is 2.00 bits per heavy atom. The maximum atomic E-state index is 11.4. The van der Waals surface area contributed by atoms with E-state index in [0.29, 0.717) is 10.8 Å². The van der Waals surface area contributed by atoms with Crippen LogP contribution in [0.3, 0.4) is 0 Å². The first-order chi connectivity index (χ1) is 10.9. The van der Waals surface area contributed by atoms with E-state index < -0.39 is 10.0 Å². The first-order valence-electron chi connectivity index (χ1n) is 6.99. The maximum absolute atomic E-state index is 11.4. The lowest BCUT2D eigenvalue weighted by molar-refractivity contribution is 0.496. The summed E-state index contributed by atoms with van der Waals surface area (Å²) in [6.07, 6.45) is 0. The van der Waals surface area contributed by atoms with Crippen LogP contribution in [0, 0.1) is 0 Å². The van der Waals surface area contributed by atoms with E-state index >= 15 is 0 Å². The second kappa shape index (κ2) is 6.66. The Hall–Kier alpha value is -1.32. The molecule has 0 aliphatic carbocycles. The van der Waals surface area contributed by atoms with Gasteiger partial charge in [-0.3, -0.25) is 0 Å². The molecule has 0 unspecified atom stereocenters. The lowest BCUT2D eigenvalue weighted by Gasteiger charge is -2.29. The molecule has 6 nitrogen and oxygen atoms in total. The molecule has 0 spiro atoms. The number of hydrogen-bond acceptors (Lipinski definition) is 6. The predicted molar refractivity (Wildman–Crippen MR) is 92.3 cm³/mol. The fraction of sp³-hybridized carbons (Fsp3) is 0.286. The van der Waals surface area contributed by atoms with Gasteiger partial charge in [0.2, 0.25) is 15.1 Å². The molecule has 9 heteroatoms. The van der Waals surface area contributed by atoms with Crippen LogP contribution in [0.15, 0.2) is 34.5 Å². The van der Waals surface area contributed by atoms with Crippen molar-refractivity contribution in [2.45, 2.75) is 4.21 Å². The standard InChI is InChI=1S/C14H16ClN3O3S2/c15-12-9-13(23(16,19)20)22-14(12)21-11-3-1-2-10(8-11)18-6-4-17-5-7-18/h1-3,8-9,17H,4-7H2,(H2,16,19,20). The second-order valence-corrected chi connectivity index (χ2v) is 8.29. The smallest absolute Gasteiger partial charge is 0.247 e. The zero-order valence-corrected chi connectivity index (χ0v) is 14.5. The summed E-state index contributed by atoms with van der Waals surface area (Å²) in [5.41, 5.74) is 1.06. The SMILES string of the molecule is NS(=O)(=O)c1cc(Cl)c(Oc2cccc(N3CCNCC3)c2)s1. The van der Waals surface area contributed by atoms with E-state index in [-0.39, 0.29) is 9.23 Å². The largest absolute Gasteiger partial charge is 0.445 e. The van der Waals surface area contributed by atoms with Crippen LogP contribution in [-0.4, -0.2) is 34.6 Å². The van der Waals surface area contributed by atoms with Gasteiger partial charge in [-0.15, -0.1) is 0 Å². The molecule has 23 heavy (non-hydrogen) atoms. The summed E-state index contributed by atoms with van der Waals surface area (Å²) in [6.45, 7) is 3.75. The summed E-state index contributed by atoms with van der Waals surface area (Å²) >= 11 is 6.95. The van der Waals surface area contributed by atoms with Crippen LogP contribution in [0.4, 0.5) is 5.69 Å². The van der Waals surface area contributed by atoms with E-state index in [4.69, 9.17) is 21.5 Å². The van der Waals surface area contributed by atoms with Crippen molar-refractivity contribution in [2.24, 2.45) is 5.14 Å². The van der Waals surface area contributed by atoms with Gasteiger partial charge in [0.1, 0.15) is 9.96 Å². The molecule has 0 saturated carbocycles. The molecule has 1 aromatic carbocycles. The molecule has 1 aliphatic rings. The van der Waals surface area contributed by atoms with Crippen molar-refractivity contribution >= 4 is 38.6 Å². The third-order valence-corrected chi connectivity index (χ3v) is 6.25. The zero-order chi connectivity index (χ0) is 16.4. The van der Waals surface area contributed by atoms with E-state index in [9.17, 15) is 8.42 Å². The Balaban J connectivity index is 1.82. The van der Waals surface area contributed by atoms with Gasteiger partial charge in [-0.25, -0.2) is 13.6 Å². The van der Waals surface area contributed by atoms with Crippen LogP contribution < -0.4 is 20.1 Å². The van der Waals surface area contributed by atoms with Gasteiger partial charge in [0.05, 0.1) is 5.02 Å². The van der Waals surface area contributed by atoms with E-state index in [1.54, 1.807) is 6.07 Å². The molecular weight excluding hydrogens is 358 g/mol. The molecule has 1 fully saturated rings. The monoisotopic (exact) mass is 373 g/mol. The minimum absolute atomic E-state index is 0.0178. The Morgan fingerprint density at radius 3 is 2.65 bits per heavy atom. The summed E-state index contributed by atoms with van der Waals surface area (Å²) in [6, 6.07) is 8.94. The number of sulfonamides is 1. The van der Waals surface area contributed by atoms with Crippen molar-refractivity contribution in [3.05, 3.63) is 35.4 Å². The van der Waals surface area contributed by atoms with E-state index in [2.05, 4.69) is 10.2 Å². The highest BCUT2D eigenvalue weighted by molar-refractivity contribution is 7.91. The molecule has 0 radical (unpaired) electrons. The Kier molecular flexibility index (Phi) is 4.79. The average molecular weight is 374 g/mol. The summed E-state index contributed by atoms with van der Waals surface area (Å²) in [4.78, 5) is 2.26. The molecule has 2 heterocycles. The Labute approximate surface area is 143 Å². The molecule has 124 valence electrons. The van der Waals surface area contributed by atoms with Crippen molar-refractivity contribution in [3.63, 3.8) is 0 Å². The molecule has 0 bridgehead atoms. The average Bonchev–Trinajstić information content (AvgIpc) is 2.90. The quantitative estimate of drug-likeness (QED) is 0.858. The number of primary sulfonamides is 1. The summed E-state index contributed by atoms with van der Waals surface area (Å²) < 4.78 is 28.5. The zero-order valence-electron chi connectivity index (χ0n) is 12.2. The number of nitrogens with one attached hydrogen (secondary N) is 1. The lowest BCUT2D eigenvalue weighted by Crippen LogP contribution is -2.43. The Bertz CT molecular complexity index is 801. The van der Waals surface area contributed by atoms with Gasteiger partial charge in [0.25, 0.3) is 0 Å². The number of benzene rings is 1. The fourth-order valence-electron chi connectivity index (χ4n) is 2.32. The number of nitrogens with two attached hydrogens (primary N) is 1. The van der Waals surface area contributed by atoms with Crippen LogP contribution in [0.2, 0.25) is 5.02 Å². The van der Waals surface area contributed by atoms with Crippen LogP contribution in [0.1, 0.15) is 0 Å². The van der Waals surface area contributed by atoms with Gasteiger partial charge >= 0.3 is 0 Å². The van der Waals surface area contributed by atoms with Crippen molar-refractivity contribution in [2.75, 3.05) is 31.1 Å². The molecule has 3 N–H and O–H groups in total.